The highest BCUT2D eigenvalue weighted by Gasteiger charge is 2.27. The van der Waals surface area contributed by atoms with Crippen LogP contribution in [0.1, 0.15) is 41.9 Å². The van der Waals surface area contributed by atoms with Crippen LogP contribution >= 0.6 is 0 Å². The number of aromatic nitrogens is 2. The number of nitrogens with zero attached hydrogens (tertiary/aromatic N) is 4. The van der Waals surface area contributed by atoms with Crippen molar-refractivity contribution in [1.82, 2.24) is 20.2 Å². The zero-order valence-electron chi connectivity index (χ0n) is 15.0. The smallest absolute Gasteiger partial charge is 0.270 e. The van der Waals surface area contributed by atoms with E-state index in [1.807, 2.05) is 25.9 Å². The van der Waals surface area contributed by atoms with Crippen molar-refractivity contribution in [2.24, 2.45) is 5.92 Å². The molecular formula is C17H29N5O. The Morgan fingerprint density at radius 2 is 1.91 bits per heavy atom. The Morgan fingerprint density at radius 3 is 2.57 bits per heavy atom. The highest BCUT2D eigenvalue weighted by atomic mass is 16.2. The molecule has 1 heterocycles. The van der Waals surface area contributed by atoms with Crippen LogP contribution in [-0.2, 0) is 0 Å². The highest BCUT2D eigenvalue weighted by molar-refractivity contribution is 5.92. The first kappa shape index (κ1) is 17.7. The molecule has 1 aliphatic rings. The monoisotopic (exact) mass is 319 g/mol. The van der Waals surface area contributed by atoms with Gasteiger partial charge in [-0.3, -0.25) is 4.79 Å². The Bertz CT molecular complexity index is 544. The number of carbonyl (C=O) groups excluding carboxylic acids is 1. The minimum absolute atomic E-state index is 0.0887. The van der Waals surface area contributed by atoms with Crippen molar-refractivity contribution in [3.05, 3.63) is 17.5 Å². The lowest BCUT2D eigenvalue weighted by atomic mass is 9.84. The Hall–Kier alpha value is -1.69. The summed E-state index contributed by atoms with van der Waals surface area (Å²) in [7, 11) is 7.94. The maximum Gasteiger partial charge on any atom is 0.270 e. The van der Waals surface area contributed by atoms with Crippen LogP contribution in [0.2, 0.25) is 0 Å². The minimum atomic E-state index is -0.0887. The van der Waals surface area contributed by atoms with Gasteiger partial charge in [-0.25, -0.2) is 9.97 Å². The maximum atomic E-state index is 12.6. The minimum Gasteiger partial charge on any atom is -0.348 e. The van der Waals surface area contributed by atoms with Gasteiger partial charge in [0.2, 0.25) is 5.95 Å². The zero-order valence-corrected chi connectivity index (χ0v) is 15.0. The summed E-state index contributed by atoms with van der Waals surface area (Å²) in [4.78, 5) is 25.4. The van der Waals surface area contributed by atoms with Crippen molar-refractivity contribution >= 4 is 11.9 Å². The van der Waals surface area contributed by atoms with Crippen LogP contribution in [0, 0.1) is 12.8 Å². The van der Waals surface area contributed by atoms with E-state index in [2.05, 4.69) is 34.3 Å². The van der Waals surface area contributed by atoms with E-state index < -0.39 is 0 Å². The lowest BCUT2D eigenvalue weighted by molar-refractivity contribution is 0.0890. The van der Waals surface area contributed by atoms with Gasteiger partial charge >= 0.3 is 0 Å². The molecule has 128 valence electrons. The largest absolute Gasteiger partial charge is 0.348 e. The van der Waals surface area contributed by atoms with Gasteiger partial charge in [0, 0.05) is 32.4 Å². The number of nitrogens with one attached hydrogen (secondary N) is 1. The van der Waals surface area contributed by atoms with Crippen LogP contribution < -0.4 is 10.2 Å². The van der Waals surface area contributed by atoms with Gasteiger partial charge in [-0.1, -0.05) is 12.8 Å². The fraction of sp³-hybridized carbons (Fsp3) is 0.706. The second-order valence-electron chi connectivity index (χ2n) is 6.98. The number of hydrogen-bond acceptors (Lipinski definition) is 5. The van der Waals surface area contributed by atoms with Gasteiger partial charge in [-0.05, 0) is 45.8 Å². The van der Waals surface area contributed by atoms with Crippen LogP contribution in [0.15, 0.2) is 6.07 Å². The average Bonchev–Trinajstić information content (AvgIpc) is 2.48. The summed E-state index contributed by atoms with van der Waals surface area (Å²) < 4.78 is 0. The van der Waals surface area contributed by atoms with E-state index >= 15 is 0 Å². The van der Waals surface area contributed by atoms with Crippen LogP contribution in [0.3, 0.4) is 0 Å². The number of hydrogen-bond donors (Lipinski definition) is 1. The zero-order chi connectivity index (χ0) is 17.0. The third-order valence-corrected chi connectivity index (χ3v) is 4.30. The fourth-order valence-corrected chi connectivity index (χ4v) is 3.20. The third-order valence-electron chi connectivity index (χ3n) is 4.30. The Kier molecular flexibility index (Phi) is 5.93. The van der Waals surface area contributed by atoms with Crippen molar-refractivity contribution in [3.8, 4) is 0 Å². The first-order valence-electron chi connectivity index (χ1n) is 8.35. The fourth-order valence-electron chi connectivity index (χ4n) is 3.20. The second-order valence-corrected chi connectivity index (χ2v) is 6.98. The molecule has 1 N–H and O–H groups in total. The van der Waals surface area contributed by atoms with Crippen molar-refractivity contribution in [2.75, 3.05) is 39.6 Å². The molecule has 1 saturated carbocycles. The summed E-state index contributed by atoms with van der Waals surface area (Å²) >= 11 is 0. The number of anilines is 1. The molecule has 1 amide bonds. The van der Waals surface area contributed by atoms with Crippen molar-refractivity contribution < 1.29 is 4.79 Å². The number of amides is 1. The van der Waals surface area contributed by atoms with Crippen LogP contribution in [-0.4, -0.2) is 61.6 Å². The van der Waals surface area contributed by atoms with E-state index in [0.29, 0.717) is 17.6 Å². The summed E-state index contributed by atoms with van der Waals surface area (Å²) in [5.41, 5.74) is 1.26. The van der Waals surface area contributed by atoms with Gasteiger partial charge in [-0.2, -0.15) is 0 Å². The predicted molar refractivity (Wildman–Crippen MR) is 92.9 cm³/mol. The van der Waals surface area contributed by atoms with E-state index in [1.54, 1.807) is 6.07 Å². The summed E-state index contributed by atoms with van der Waals surface area (Å²) in [6, 6.07) is 1.99. The molecule has 1 aromatic heterocycles. The molecule has 23 heavy (non-hydrogen) atoms. The lowest BCUT2D eigenvalue weighted by Gasteiger charge is -2.33. The first-order valence-corrected chi connectivity index (χ1v) is 8.35. The van der Waals surface area contributed by atoms with E-state index in [-0.39, 0.29) is 11.9 Å². The second kappa shape index (κ2) is 7.73. The summed E-state index contributed by atoms with van der Waals surface area (Å²) in [6.07, 6.45) is 4.66. The van der Waals surface area contributed by atoms with Crippen molar-refractivity contribution in [2.45, 2.75) is 38.6 Å². The predicted octanol–water partition coefficient (Wildman–Crippen LogP) is 1.70. The van der Waals surface area contributed by atoms with Crippen LogP contribution in [0.4, 0.5) is 5.95 Å². The summed E-state index contributed by atoms with van der Waals surface area (Å²) in [5.74, 6) is 0.997. The SMILES string of the molecule is Cc1cc(C(=O)NC2CCCCC2CN(C)C)nc(N(C)C)n1. The van der Waals surface area contributed by atoms with Crippen LogP contribution in [0.25, 0.3) is 0 Å². The summed E-state index contributed by atoms with van der Waals surface area (Å²) in [5, 5.41) is 3.21. The van der Waals surface area contributed by atoms with E-state index in [0.717, 1.165) is 18.7 Å². The molecule has 1 fully saturated rings. The maximum absolute atomic E-state index is 12.6. The van der Waals surface area contributed by atoms with Gasteiger partial charge in [0.15, 0.2) is 0 Å². The standard InChI is InChI=1S/C17H29N5O/c1-12-10-15(20-17(18-12)22(4)5)16(23)19-14-9-7-6-8-13(14)11-21(2)3/h10,13-14H,6-9,11H2,1-5H3,(H,19,23). The quantitative estimate of drug-likeness (QED) is 0.895. The molecule has 6 nitrogen and oxygen atoms in total. The molecule has 1 aliphatic carbocycles. The molecule has 2 unspecified atom stereocenters. The Balaban J connectivity index is 2.10. The molecule has 6 heteroatoms. The third kappa shape index (κ3) is 4.89. The van der Waals surface area contributed by atoms with Gasteiger partial charge in [-0.15, -0.1) is 0 Å². The summed E-state index contributed by atoms with van der Waals surface area (Å²) in [6.45, 7) is 2.90. The van der Waals surface area contributed by atoms with Gasteiger partial charge in [0.1, 0.15) is 5.69 Å². The average molecular weight is 319 g/mol. The molecule has 0 radical (unpaired) electrons. The van der Waals surface area contributed by atoms with Crippen molar-refractivity contribution in [1.29, 1.82) is 0 Å². The molecule has 2 rings (SSSR count). The molecule has 0 saturated heterocycles. The van der Waals surface area contributed by atoms with E-state index in [9.17, 15) is 4.79 Å². The lowest BCUT2D eigenvalue weighted by Crippen LogP contribution is -2.45. The molecule has 0 spiro atoms. The topological polar surface area (TPSA) is 61.4 Å². The Morgan fingerprint density at radius 1 is 1.22 bits per heavy atom. The Labute approximate surface area is 139 Å². The molecule has 1 aromatic rings. The highest BCUT2D eigenvalue weighted by Crippen LogP contribution is 2.25. The van der Waals surface area contributed by atoms with Gasteiger partial charge in [0.05, 0.1) is 0 Å². The van der Waals surface area contributed by atoms with E-state index in [1.165, 1.54) is 19.3 Å². The molecule has 0 aromatic carbocycles. The first-order chi connectivity index (χ1) is 10.9. The normalized spacial score (nSPS) is 21.3. The van der Waals surface area contributed by atoms with Gasteiger partial charge in [0.25, 0.3) is 5.91 Å². The molecule has 0 aliphatic heterocycles. The van der Waals surface area contributed by atoms with Gasteiger partial charge < -0.3 is 15.1 Å². The van der Waals surface area contributed by atoms with Crippen molar-refractivity contribution in [3.63, 3.8) is 0 Å². The number of carbonyl (C=O) groups is 1. The molecule has 2 atom stereocenters. The molecule has 0 bridgehead atoms. The van der Waals surface area contributed by atoms with Crippen LogP contribution in [0.5, 0.6) is 0 Å². The number of aryl methyl sites for hydroxylation is 1. The molecular weight excluding hydrogens is 290 g/mol. The van der Waals surface area contributed by atoms with E-state index in [4.69, 9.17) is 0 Å². The number of rotatable bonds is 5.